The minimum absolute atomic E-state index is 0.0590. The zero-order valence-corrected chi connectivity index (χ0v) is 14.1. The molecule has 3 rings (SSSR count). The summed E-state index contributed by atoms with van der Waals surface area (Å²) in [6, 6.07) is 12.6. The summed E-state index contributed by atoms with van der Waals surface area (Å²) in [6.07, 6.45) is 2.15. The summed E-state index contributed by atoms with van der Waals surface area (Å²) in [6.45, 7) is 1.93. The Morgan fingerprint density at radius 1 is 1.04 bits per heavy atom. The zero-order valence-electron chi connectivity index (χ0n) is 12.6. The Morgan fingerprint density at radius 3 is 2.39 bits per heavy atom. The van der Waals surface area contributed by atoms with Gasteiger partial charge in [0.2, 0.25) is 0 Å². The van der Waals surface area contributed by atoms with Crippen molar-refractivity contribution in [2.24, 2.45) is 0 Å². The third-order valence-electron chi connectivity index (χ3n) is 3.92. The lowest BCUT2D eigenvalue weighted by atomic mass is 10.2. The molecule has 1 fully saturated rings. The molecule has 0 aliphatic carbocycles. The van der Waals surface area contributed by atoms with Crippen molar-refractivity contribution in [2.75, 3.05) is 13.1 Å². The Balaban J connectivity index is 1.71. The van der Waals surface area contributed by atoms with E-state index in [-0.39, 0.29) is 12.5 Å². The largest absolute Gasteiger partial charge is 0.489 e. The van der Waals surface area contributed by atoms with Crippen molar-refractivity contribution >= 4 is 29.1 Å². The molecule has 2 aromatic carbocycles. The van der Waals surface area contributed by atoms with Crippen molar-refractivity contribution in [3.63, 3.8) is 0 Å². The van der Waals surface area contributed by atoms with Gasteiger partial charge in [-0.1, -0.05) is 35.3 Å². The number of hydrogen-bond acceptors (Lipinski definition) is 2. The summed E-state index contributed by atoms with van der Waals surface area (Å²) >= 11 is 12.3. The van der Waals surface area contributed by atoms with Crippen LogP contribution in [0.1, 0.15) is 28.8 Å². The number of rotatable bonds is 4. The van der Waals surface area contributed by atoms with Gasteiger partial charge in [0.25, 0.3) is 5.91 Å². The lowest BCUT2D eigenvalue weighted by Gasteiger charge is -2.16. The number of halogens is 2. The fourth-order valence-electron chi connectivity index (χ4n) is 2.65. The van der Waals surface area contributed by atoms with Gasteiger partial charge in [0.15, 0.2) is 0 Å². The SMILES string of the molecule is O=C(c1cccc(OCc2c(Cl)cccc2Cl)c1)N1CCCC1. The first-order chi connectivity index (χ1) is 11.1. The zero-order chi connectivity index (χ0) is 16.2. The monoisotopic (exact) mass is 349 g/mol. The van der Waals surface area contributed by atoms with Gasteiger partial charge in [-0.15, -0.1) is 0 Å². The lowest BCUT2D eigenvalue weighted by molar-refractivity contribution is 0.0792. The molecule has 1 aliphatic rings. The second-order valence-corrected chi connectivity index (χ2v) is 6.33. The maximum Gasteiger partial charge on any atom is 0.253 e. The van der Waals surface area contributed by atoms with E-state index >= 15 is 0 Å². The summed E-state index contributed by atoms with van der Waals surface area (Å²) in [7, 11) is 0. The number of carbonyl (C=O) groups excluding carboxylic acids is 1. The molecule has 3 nitrogen and oxygen atoms in total. The standard InChI is InChI=1S/C18H17Cl2NO2/c19-16-7-4-8-17(20)15(16)12-23-14-6-3-5-13(11-14)18(22)21-9-1-2-10-21/h3-8,11H,1-2,9-10,12H2. The van der Waals surface area contributed by atoms with Crippen molar-refractivity contribution in [2.45, 2.75) is 19.4 Å². The van der Waals surface area contributed by atoms with E-state index in [1.54, 1.807) is 24.3 Å². The van der Waals surface area contributed by atoms with Gasteiger partial charge in [-0.3, -0.25) is 4.79 Å². The normalized spacial score (nSPS) is 14.1. The van der Waals surface area contributed by atoms with Crippen LogP contribution in [0.25, 0.3) is 0 Å². The second kappa shape index (κ2) is 7.24. The third-order valence-corrected chi connectivity index (χ3v) is 4.63. The first-order valence-electron chi connectivity index (χ1n) is 7.60. The van der Waals surface area contributed by atoms with Crippen LogP contribution < -0.4 is 4.74 Å². The number of ether oxygens (including phenoxy) is 1. The van der Waals surface area contributed by atoms with E-state index in [0.29, 0.717) is 21.4 Å². The van der Waals surface area contributed by atoms with Gasteiger partial charge in [0, 0.05) is 34.3 Å². The van der Waals surface area contributed by atoms with Crippen LogP contribution in [0.4, 0.5) is 0 Å². The molecular formula is C18H17Cl2NO2. The lowest BCUT2D eigenvalue weighted by Crippen LogP contribution is -2.27. The van der Waals surface area contributed by atoms with Crippen molar-refractivity contribution in [3.05, 3.63) is 63.6 Å². The van der Waals surface area contributed by atoms with Crippen LogP contribution in [0.3, 0.4) is 0 Å². The predicted octanol–water partition coefficient (Wildman–Crippen LogP) is 4.81. The molecule has 0 radical (unpaired) electrons. The number of hydrogen-bond donors (Lipinski definition) is 0. The van der Waals surface area contributed by atoms with Crippen molar-refractivity contribution in [1.29, 1.82) is 0 Å². The smallest absolute Gasteiger partial charge is 0.253 e. The summed E-state index contributed by atoms with van der Waals surface area (Å²) in [5.74, 6) is 0.690. The highest BCUT2D eigenvalue weighted by molar-refractivity contribution is 6.35. The van der Waals surface area contributed by atoms with Gasteiger partial charge < -0.3 is 9.64 Å². The van der Waals surface area contributed by atoms with Crippen LogP contribution in [0.2, 0.25) is 10.0 Å². The first-order valence-corrected chi connectivity index (χ1v) is 8.36. The topological polar surface area (TPSA) is 29.5 Å². The summed E-state index contributed by atoms with van der Waals surface area (Å²) in [5, 5.41) is 1.14. The van der Waals surface area contributed by atoms with Crippen LogP contribution in [0.15, 0.2) is 42.5 Å². The molecule has 1 saturated heterocycles. The van der Waals surface area contributed by atoms with E-state index < -0.39 is 0 Å². The quantitative estimate of drug-likeness (QED) is 0.792. The van der Waals surface area contributed by atoms with E-state index in [1.165, 1.54) is 0 Å². The highest BCUT2D eigenvalue weighted by Gasteiger charge is 2.19. The molecule has 120 valence electrons. The fourth-order valence-corrected chi connectivity index (χ4v) is 3.15. The average molecular weight is 350 g/mol. The minimum Gasteiger partial charge on any atom is -0.489 e. The van der Waals surface area contributed by atoms with Crippen LogP contribution in [-0.2, 0) is 6.61 Å². The van der Waals surface area contributed by atoms with E-state index in [2.05, 4.69) is 0 Å². The van der Waals surface area contributed by atoms with Gasteiger partial charge in [-0.25, -0.2) is 0 Å². The summed E-state index contributed by atoms with van der Waals surface area (Å²) in [5.41, 5.74) is 1.39. The number of likely N-dealkylation sites (tertiary alicyclic amines) is 1. The Hall–Kier alpha value is -1.71. The number of benzene rings is 2. The van der Waals surface area contributed by atoms with Crippen LogP contribution in [0.5, 0.6) is 5.75 Å². The van der Waals surface area contributed by atoms with Crippen molar-refractivity contribution in [1.82, 2.24) is 4.90 Å². The van der Waals surface area contributed by atoms with Gasteiger partial charge in [-0.05, 0) is 43.2 Å². The molecule has 0 saturated carbocycles. The molecule has 1 heterocycles. The highest BCUT2D eigenvalue weighted by atomic mass is 35.5. The van der Waals surface area contributed by atoms with E-state index in [0.717, 1.165) is 31.5 Å². The highest BCUT2D eigenvalue weighted by Crippen LogP contribution is 2.26. The van der Waals surface area contributed by atoms with E-state index in [1.807, 2.05) is 23.1 Å². The van der Waals surface area contributed by atoms with Crippen molar-refractivity contribution < 1.29 is 9.53 Å². The maximum atomic E-state index is 12.4. The predicted molar refractivity (Wildman–Crippen MR) is 92.4 cm³/mol. The van der Waals surface area contributed by atoms with Crippen LogP contribution >= 0.6 is 23.2 Å². The molecular weight excluding hydrogens is 333 g/mol. The average Bonchev–Trinajstić information content (AvgIpc) is 3.08. The van der Waals surface area contributed by atoms with Crippen LogP contribution in [-0.4, -0.2) is 23.9 Å². The van der Waals surface area contributed by atoms with Gasteiger partial charge in [-0.2, -0.15) is 0 Å². The molecule has 1 aliphatic heterocycles. The molecule has 0 aromatic heterocycles. The molecule has 0 bridgehead atoms. The molecule has 1 amide bonds. The molecule has 23 heavy (non-hydrogen) atoms. The second-order valence-electron chi connectivity index (χ2n) is 5.52. The Bertz CT molecular complexity index is 692. The third kappa shape index (κ3) is 3.80. The molecule has 0 atom stereocenters. The van der Waals surface area contributed by atoms with E-state index in [9.17, 15) is 4.79 Å². The van der Waals surface area contributed by atoms with Crippen LogP contribution in [0, 0.1) is 0 Å². The van der Waals surface area contributed by atoms with Gasteiger partial charge in [0.1, 0.15) is 12.4 Å². The van der Waals surface area contributed by atoms with E-state index in [4.69, 9.17) is 27.9 Å². The molecule has 5 heteroatoms. The first kappa shape index (κ1) is 16.2. The molecule has 2 aromatic rings. The van der Waals surface area contributed by atoms with Gasteiger partial charge >= 0.3 is 0 Å². The maximum absolute atomic E-state index is 12.4. The number of carbonyl (C=O) groups is 1. The van der Waals surface area contributed by atoms with Gasteiger partial charge in [0.05, 0.1) is 0 Å². The molecule has 0 N–H and O–H groups in total. The summed E-state index contributed by atoms with van der Waals surface area (Å²) in [4.78, 5) is 14.3. The summed E-state index contributed by atoms with van der Waals surface area (Å²) < 4.78 is 5.77. The fraction of sp³-hybridized carbons (Fsp3) is 0.278. The Morgan fingerprint density at radius 2 is 1.70 bits per heavy atom. The Kier molecular flexibility index (Phi) is 5.09. The minimum atomic E-state index is 0.0590. The molecule has 0 spiro atoms. The number of nitrogens with zero attached hydrogens (tertiary/aromatic N) is 1. The Labute approximate surface area is 145 Å². The van der Waals surface area contributed by atoms with Crippen molar-refractivity contribution in [3.8, 4) is 5.75 Å². The molecule has 0 unspecified atom stereocenters. The number of amides is 1.